The van der Waals surface area contributed by atoms with Gasteiger partial charge >= 0.3 is 7.12 Å². The molecule has 28 heavy (non-hydrogen) atoms. The zero-order chi connectivity index (χ0) is 19.5. The van der Waals surface area contributed by atoms with Crippen molar-refractivity contribution in [3.63, 3.8) is 0 Å². The van der Waals surface area contributed by atoms with Crippen molar-refractivity contribution < 1.29 is 14.5 Å². The van der Waals surface area contributed by atoms with Crippen molar-refractivity contribution in [2.45, 2.75) is 25.4 Å². The average molecular weight is 395 g/mol. The van der Waals surface area contributed by atoms with Gasteiger partial charge in [-0.3, -0.25) is 4.90 Å². The number of pyridine rings is 1. The minimum absolute atomic E-state index is 0.148. The summed E-state index contributed by atoms with van der Waals surface area (Å²) in [6.45, 7) is 1.49. The highest BCUT2D eigenvalue weighted by atomic mass is 32.1. The van der Waals surface area contributed by atoms with Crippen LogP contribution in [0.25, 0.3) is 0 Å². The van der Waals surface area contributed by atoms with Crippen LogP contribution < -0.4 is 11.0 Å². The fourth-order valence-electron chi connectivity index (χ4n) is 3.37. The van der Waals surface area contributed by atoms with Crippen molar-refractivity contribution >= 4 is 35.1 Å². The molecule has 0 spiro atoms. The smallest absolute Gasteiger partial charge is 0.468 e. The number of hydrogen-bond acceptors (Lipinski definition) is 9. The van der Waals surface area contributed by atoms with E-state index in [1.165, 1.54) is 17.5 Å². The summed E-state index contributed by atoms with van der Waals surface area (Å²) in [4.78, 5) is 11.7. The van der Waals surface area contributed by atoms with Crippen molar-refractivity contribution in [2.24, 2.45) is 0 Å². The van der Waals surface area contributed by atoms with E-state index >= 15 is 0 Å². The van der Waals surface area contributed by atoms with Gasteiger partial charge in [0, 0.05) is 0 Å². The molecule has 0 amide bonds. The van der Waals surface area contributed by atoms with Crippen LogP contribution in [0.15, 0.2) is 40.9 Å². The maximum atomic E-state index is 9.21. The molecule has 1 aliphatic heterocycles. The largest absolute Gasteiger partial charge is 0.526 e. The molecule has 3 aromatic rings. The molecule has 142 valence electrons. The summed E-state index contributed by atoms with van der Waals surface area (Å²) >= 11 is 1.29. The van der Waals surface area contributed by atoms with E-state index in [-0.39, 0.29) is 11.7 Å². The van der Waals surface area contributed by atoms with E-state index in [1.807, 2.05) is 18.2 Å². The first-order valence-corrected chi connectivity index (χ1v) is 9.73. The van der Waals surface area contributed by atoms with Crippen LogP contribution in [-0.2, 0) is 6.54 Å². The van der Waals surface area contributed by atoms with Gasteiger partial charge in [0.25, 0.3) is 0 Å². The van der Waals surface area contributed by atoms with Gasteiger partial charge in [-0.05, 0) is 43.7 Å². The van der Waals surface area contributed by atoms with Crippen LogP contribution in [0.5, 0.6) is 0 Å². The number of hydrogen-bond donors (Lipinski definition) is 3. The Morgan fingerprint density at radius 3 is 3.00 bits per heavy atom. The summed E-state index contributed by atoms with van der Waals surface area (Å²) < 4.78 is 5.50. The Hall–Kier alpha value is -2.71. The van der Waals surface area contributed by atoms with E-state index in [2.05, 4.69) is 21.3 Å². The van der Waals surface area contributed by atoms with Crippen LogP contribution in [0.3, 0.4) is 0 Å². The van der Waals surface area contributed by atoms with Crippen LogP contribution in [0.1, 0.15) is 35.2 Å². The molecule has 0 bridgehead atoms. The molecule has 8 nitrogen and oxygen atoms in total. The van der Waals surface area contributed by atoms with Crippen LogP contribution in [-0.4, -0.2) is 38.6 Å². The van der Waals surface area contributed by atoms with E-state index in [0.29, 0.717) is 28.1 Å². The maximum Gasteiger partial charge on any atom is 0.526 e. The van der Waals surface area contributed by atoms with E-state index in [1.54, 1.807) is 12.1 Å². The molecule has 3 N–H and O–H groups in total. The lowest BCUT2D eigenvalue weighted by atomic mass is 9.88. The normalized spacial score (nSPS) is 16.8. The molecule has 0 radical (unpaired) electrons. The number of rotatable bonds is 6. The second-order valence-corrected chi connectivity index (χ2v) is 7.55. The van der Waals surface area contributed by atoms with E-state index in [0.717, 1.165) is 25.1 Å². The second kappa shape index (κ2) is 8.12. The summed E-state index contributed by atoms with van der Waals surface area (Å²) in [5.41, 5.74) is 1.10. The molecular weight excluding hydrogens is 377 g/mol. The van der Waals surface area contributed by atoms with E-state index in [4.69, 9.17) is 14.7 Å². The molecule has 1 aliphatic rings. The molecule has 4 rings (SSSR count). The third-order valence-electron chi connectivity index (χ3n) is 4.62. The number of furan rings is 1. The predicted molar refractivity (Wildman–Crippen MR) is 105 cm³/mol. The first-order chi connectivity index (χ1) is 13.6. The fraction of sp³-hybridized carbons (Fsp3) is 0.278. The van der Waals surface area contributed by atoms with Crippen LogP contribution in [0, 0.1) is 11.3 Å². The molecule has 4 heterocycles. The molecule has 1 unspecified atom stereocenters. The minimum Gasteiger partial charge on any atom is -0.468 e. The molecular formula is C18H18BN5O3S. The number of nitrogens with zero attached hydrogens (tertiary/aromatic N) is 4. The molecule has 0 aliphatic carbocycles. The van der Waals surface area contributed by atoms with Gasteiger partial charge in [-0.15, -0.1) is 0 Å². The Morgan fingerprint density at radius 1 is 1.36 bits per heavy atom. The van der Waals surface area contributed by atoms with Crippen LogP contribution in [0.4, 0.5) is 10.9 Å². The van der Waals surface area contributed by atoms with Crippen LogP contribution >= 0.6 is 11.3 Å². The SMILES string of the molecule is N#Cc1cnc(Nc2cccc(C3CCCN3Cc3ccc(B(O)O)o3)n2)s1. The summed E-state index contributed by atoms with van der Waals surface area (Å²) in [7, 11) is -1.60. The first kappa shape index (κ1) is 18.6. The summed E-state index contributed by atoms with van der Waals surface area (Å²) in [6.07, 6.45) is 3.58. The quantitative estimate of drug-likeness (QED) is 0.541. The third-order valence-corrected chi connectivity index (χ3v) is 5.44. The highest BCUT2D eigenvalue weighted by Crippen LogP contribution is 2.33. The van der Waals surface area contributed by atoms with Gasteiger partial charge in [0.2, 0.25) is 0 Å². The lowest BCUT2D eigenvalue weighted by Crippen LogP contribution is -2.28. The predicted octanol–water partition coefficient (Wildman–Crippen LogP) is 1.76. The summed E-state index contributed by atoms with van der Waals surface area (Å²) in [5, 5.41) is 31.1. The van der Waals surface area contributed by atoms with Crippen molar-refractivity contribution in [3.05, 3.63) is 52.9 Å². The second-order valence-electron chi connectivity index (χ2n) is 6.52. The molecule has 1 saturated heterocycles. The number of nitriles is 1. The average Bonchev–Trinajstić information content (AvgIpc) is 3.43. The Morgan fingerprint density at radius 2 is 2.25 bits per heavy atom. The fourth-order valence-corrected chi connectivity index (χ4v) is 3.99. The Bertz CT molecular complexity index is 999. The Labute approximate surface area is 166 Å². The summed E-state index contributed by atoms with van der Waals surface area (Å²) in [6, 6.07) is 11.4. The summed E-state index contributed by atoms with van der Waals surface area (Å²) in [5.74, 6) is 1.38. The highest BCUT2D eigenvalue weighted by Gasteiger charge is 2.28. The molecule has 0 saturated carbocycles. The van der Waals surface area contributed by atoms with Gasteiger partial charge in [-0.1, -0.05) is 17.4 Å². The molecule has 1 fully saturated rings. The van der Waals surface area contributed by atoms with Crippen molar-refractivity contribution in [1.29, 1.82) is 5.26 Å². The molecule has 1 atom stereocenters. The zero-order valence-corrected chi connectivity index (χ0v) is 15.8. The number of thiazole rings is 1. The molecule has 3 aromatic heterocycles. The van der Waals surface area contributed by atoms with E-state index < -0.39 is 7.12 Å². The van der Waals surface area contributed by atoms with Gasteiger partial charge in [-0.25, -0.2) is 9.97 Å². The number of aromatic nitrogens is 2. The van der Waals surface area contributed by atoms with Crippen molar-refractivity contribution in [3.8, 4) is 6.07 Å². The zero-order valence-electron chi connectivity index (χ0n) is 14.9. The Balaban J connectivity index is 1.48. The lowest BCUT2D eigenvalue weighted by Gasteiger charge is -2.23. The Kier molecular flexibility index (Phi) is 5.41. The van der Waals surface area contributed by atoms with Gasteiger partial charge in [0.1, 0.15) is 28.2 Å². The van der Waals surface area contributed by atoms with Crippen molar-refractivity contribution in [2.75, 3.05) is 11.9 Å². The number of nitrogens with one attached hydrogen (secondary N) is 1. The highest BCUT2D eigenvalue weighted by molar-refractivity contribution is 7.16. The standard InChI is InChI=1S/C18H18BN5O3S/c20-9-13-10-21-18(28-13)23-17-5-1-3-14(22-17)15-4-2-8-24(15)11-12-6-7-16(27-12)19(25)26/h1,3,5-7,10,15,25-26H,2,4,8,11H2,(H,21,22,23). The first-order valence-electron chi connectivity index (χ1n) is 8.91. The lowest BCUT2D eigenvalue weighted by molar-refractivity contribution is 0.225. The topological polar surface area (TPSA) is 118 Å². The molecule has 10 heteroatoms. The van der Waals surface area contributed by atoms with Crippen molar-refractivity contribution in [1.82, 2.24) is 14.9 Å². The van der Waals surface area contributed by atoms with Gasteiger partial charge in [-0.2, -0.15) is 5.26 Å². The van der Waals surface area contributed by atoms with E-state index in [9.17, 15) is 10.0 Å². The number of anilines is 2. The third kappa shape index (κ3) is 4.08. The van der Waals surface area contributed by atoms with Gasteiger partial charge in [0.15, 0.2) is 5.13 Å². The van der Waals surface area contributed by atoms with Crippen LogP contribution in [0.2, 0.25) is 0 Å². The number of likely N-dealkylation sites (tertiary alicyclic amines) is 1. The minimum atomic E-state index is -1.60. The monoisotopic (exact) mass is 395 g/mol. The van der Waals surface area contributed by atoms with Gasteiger partial charge < -0.3 is 19.8 Å². The molecule has 0 aromatic carbocycles. The van der Waals surface area contributed by atoms with Gasteiger partial charge in [0.05, 0.1) is 24.5 Å². The maximum absolute atomic E-state index is 9.21.